The first-order valence-corrected chi connectivity index (χ1v) is 7.64. The fourth-order valence-electron chi connectivity index (χ4n) is 2.34. The molecule has 2 N–H and O–H groups in total. The number of hydrogen-bond acceptors (Lipinski definition) is 4. The fraction of sp³-hybridized carbons (Fsp3) is 0.500. The van der Waals surface area contributed by atoms with Crippen molar-refractivity contribution in [3.8, 4) is 5.75 Å². The SMILES string of the molecule is O=S(=O)(c1cc(O)cc(C(F)(F)F)c1)N1CCC[C@H]1CO. The van der Waals surface area contributed by atoms with Gasteiger partial charge in [-0.2, -0.15) is 17.5 Å². The average Bonchev–Trinajstić information content (AvgIpc) is 2.85. The standard InChI is InChI=1S/C12H14F3NO4S/c13-12(14,15)8-4-10(18)6-11(5-8)21(19,20)16-3-1-2-9(16)7-17/h4-6,9,17-18H,1-3,7H2/t9-/m0/s1. The Balaban J connectivity index is 2.48. The molecule has 21 heavy (non-hydrogen) atoms. The maximum atomic E-state index is 12.7. The van der Waals surface area contributed by atoms with E-state index in [0.29, 0.717) is 25.0 Å². The van der Waals surface area contributed by atoms with Crippen molar-refractivity contribution in [2.24, 2.45) is 0 Å². The lowest BCUT2D eigenvalue weighted by Gasteiger charge is -2.23. The molecule has 0 spiro atoms. The predicted molar refractivity (Wildman–Crippen MR) is 67.1 cm³/mol. The molecule has 2 rings (SSSR count). The van der Waals surface area contributed by atoms with E-state index in [1.807, 2.05) is 0 Å². The summed E-state index contributed by atoms with van der Waals surface area (Å²) in [5, 5.41) is 18.5. The van der Waals surface area contributed by atoms with E-state index in [1.54, 1.807) is 0 Å². The maximum absolute atomic E-state index is 12.7. The third-order valence-corrected chi connectivity index (χ3v) is 5.29. The number of phenols is 1. The molecule has 0 aromatic heterocycles. The summed E-state index contributed by atoms with van der Waals surface area (Å²) in [5.74, 6) is -0.775. The molecule has 1 aromatic rings. The van der Waals surface area contributed by atoms with E-state index in [1.165, 1.54) is 0 Å². The third-order valence-electron chi connectivity index (χ3n) is 3.36. The van der Waals surface area contributed by atoms with Crippen LogP contribution >= 0.6 is 0 Å². The molecule has 1 atom stereocenters. The average molecular weight is 325 g/mol. The van der Waals surface area contributed by atoms with Crippen molar-refractivity contribution >= 4 is 10.0 Å². The summed E-state index contributed by atoms with van der Waals surface area (Å²) in [4.78, 5) is -0.629. The molecule has 1 fully saturated rings. The lowest BCUT2D eigenvalue weighted by molar-refractivity contribution is -0.137. The molecule has 1 aliphatic rings. The van der Waals surface area contributed by atoms with Crippen molar-refractivity contribution in [3.05, 3.63) is 23.8 Å². The summed E-state index contributed by atoms with van der Waals surface area (Å²) in [6, 6.07) is 1.08. The summed E-state index contributed by atoms with van der Waals surface area (Å²) >= 11 is 0. The van der Waals surface area contributed by atoms with Gasteiger partial charge in [-0.3, -0.25) is 0 Å². The van der Waals surface area contributed by atoms with E-state index in [-0.39, 0.29) is 6.54 Å². The van der Waals surface area contributed by atoms with Gasteiger partial charge >= 0.3 is 6.18 Å². The van der Waals surface area contributed by atoms with Crippen molar-refractivity contribution in [1.29, 1.82) is 0 Å². The van der Waals surface area contributed by atoms with Crippen LogP contribution < -0.4 is 0 Å². The number of sulfonamides is 1. The van der Waals surface area contributed by atoms with Crippen molar-refractivity contribution in [1.82, 2.24) is 4.31 Å². The molecule has 1 saturated heterocycles. The Hall–Kier alpha value is -1.32. The molecule has 0 radical (unpaired) electrons. The second-order valence-electron chi connectivity index (χ2n) is 4.81. The molecule has 118 valence electrons. The quantitative estimate of drug-likeness (QED) is 0.884. The number of phenolic OH excluding ortho intramolecular Hbond substituents is 1. The van der Waals surface area contributed by atoms with E-state index in [4.69, 9.17) is 5.11 Å². The highest BCUT2D eigenvalue weighted by Crippen LogP contribution is 2.35. The van der Waals surface area contributed by atoms with Crippen molar-refractivity contribution in [2.45, 2.75) is 30.0 Å². The van der Waals surface area contributed by atoms with E-state index in [9.17, 15) is 26.7 Å². The van der Waals surface area contributed by atoms with Gasteiger partial charge in [0.05, 0.1) is 17.1 Å². The zero-order valence-electron chi connectivity index (χ0n) is 10.8. The third kappa shape index (κ3) is 3.14. The van der Waals surface area contributed by atoms with Crippen LogP contribution in [0.5, 0.6) is 5.75 Å². The summed E-state index contributed by atoms with van der Waals surface area (Å²) in [6.45, 7) is -0.269. The highest BCUT2D eigenvalue weighted by molar-refractivity contribution is 7.89. The fourth-order valence-corrected chi connectivity index (χ4v) is 4.09. The van der Waals surface area contributed by atoms with Gasteiger partial charge in [0, 0.05) is 12.6 Å². The minimum atomic E-state index is -4.76. The van der Waals surface area contributed by atoms with Crippen molar-refractivity contribution in [3.63, 3.8) is 0 Å². The number of rotatable bonds is 3. The Morgan fingerprint density at radius 3 is 2.52 bits per heavy atom. The Labute approximate surface area is 119 Å². The van der Waals surface area contributed by atoms with Gasteiger partial charge < -0.3 is 10.2 Å². The van der Waals surface area contributed by atoms with Gasteiger partial charge in [0.2, 0.25) is 10.0 Å². The molecule has 0 bridgehead atoms. The molecule has 9 heteroatoms. The van der Waals surface area contributed by atoms with E-state index >= 15 is 0 Å². The normalized spacial score (nSPS) is 20.9. The van der Waals surface area contributed by atoms with Crippen LogP contribution in [0.15, 0.2) is 23.1 Å². The van der Waals surface area contributed by atoms with Crippen LogP contribution in [0.4, 0.5) is 13.2 Å². The lowest BCUT2D eigenvalue weighted by atomic mass is 10.2. The summed E-state index contributed by atoms with van der Waals surface area (Å²) in [5.41, 5.74) is -1.24. The molecular formula is C12H14F3NO4S. The van der Waals surface area contributed by atoms with Crippen LogP contribution in [0.3, 0.4) is 0 Å². The number of nitrogens with zero attached hydrogens (tertiary/aromatic N) is 1. The summed E-state index contributed by atoms with van der Waals surface area (Å²) in [7, 11) is -4.19. The van der Waals surface area contributed by atoms with Crippen LogP contribution in [0.25, 0.3) is 0 Å². The highest BCUT2D eigenvalue weighted by atomic mass is 32.2. The Morgan fingerprint density at radius 2 is 1.95 bits per heavy atom. The second-order valence-corrected chi connectivity index (χ2v) is 6.70. The zero-order valence-corrected chi connectivity index (χ0v) is 11.7. The molecular weight excluding hydrogens is 311 g/mol. The topological polar surface area (TPSA) is 77.8 Å². The summed E-state index contributed by atoms with van der Waals surface area (Å²) < 4.78 is 63.8. The first-order valence-electron chi connectivity index (χ1n) is 6.20. The number of benzene rings is 1. The molecule has 0 amide bonds. The van der Waals surface area contributed by atoms with Crippen LogP contribution in [-0.4, -0.2) is 42.1 Å². The van der Waals surface area contributed by atoms with Gasteiger partial charge in [-0.25, -0.2) is 8.42 Å². The number of alkyl halides is 3. The highest BCUT2D eigenvalue weighted by Gasteiger charge is 2.37. The minimum Gasteiger partial charge on any atom is -0.508 e. The maximum Gasteiger partial charge on any atom is 0.416 e. The van der Waals surface area contributed by atoms with Gasteiger partial charge in [0.25, 0.3) is 0 Å². The zero-order chi connectivity index (χ0) is 15.8. The number of aliphatic hydroxyl groups is 1. The smallest absolute Gasteiger partial charge is 0.416 e. The van der Waals surface area contributed by atoms with Crippen molar-refractivity contribution in [2.75, 3.05) is 13.2 Å². The minimum absolute atomic E-state index is 0.130. The Bertz CT molecular complexity index is 630. The summed E-state index contributed by atoms with van der Waals surface area (Å²) in [6.07, 6.45) is -3.79. The van der Waals surface area contributed by atoms with Gasteiger partial charge in [-0.05, 0) is 31.0 Å². The number of halogens is 3. The Morgan fingerprint density at radius 1 is 1.29 bits per heavy atom. The second kappa shape index (κ2) is 5.47. The van der Waals surface area contributed by atoms with Crippen LogP contribution in [0.1, 0.15) is 18.4 Å². The largest absolute Gasteiger partial charge is 0.508 e. The molecule has 5 nitrogen and oxygen atoms in total. The number of aromatic hydroxyl groups is 1. The molecule has 1 aliphatic heterocycles. The van der Waals surface area contributed by atoms with Crippen LogP contribution in [0, 0.1) is 0 Å². The Kier molecular flexibility index (Phi) is 4.18. The van der Waals surface area contributed by atoms with Gasteiger partial charge in [0.1, 0.15) is 5.75 Å². The first kappa shape index (κ1) is 16.1. The monoisotopic (exact) mass is 325 g/mol. The molecule has 1 heterocycles. The van der Waals surface area contributed by atoms with E-state index in [0.717, 1.165) is 10.4 Å². The van der Waals surface area contributed by atoms with Gasteiger partial charge in [-0.1, -0.05) is 0 Å². The van der Waals surface area contributed by atoms with Crippen LogP contribution in [-0.2, 0) is 16.2 Å². The molecule has 1 aromatic carbocycles. The molecule has 0 saturated carbocycles. The lowest BCUT2D eigenvalue weighted by Crippen LogP contribution is -2.37. The van der Waals surface area contributed by atoms with Gasteiger partial charge in [0.15, 0.2) is 0 Å². The van der Waals surface area contributed by atoms with E-state index < -0.39 is 45.1 Å². The van der Waals surface area contributed by atoms with Crippen molar-refractivity contribution < 1.29 is 31.8 Å². The predicted octanol–water partition coefficient (Wildman–Crippen LogP) is 1.56. The first-order chi connectivity index (χ1) is 9.66. The number of aliphatic hydroxyl groups excluding tert-OH is 1. The van der Waals surface area contributed by atoms with E-state index in [2.05, 4.69) is 0 Å². The molecule has 0 aliphatic carbocycles. The number of hydrogen-bond donors (Lipinski definition) is 2. The molecule has 0 unspecified atom stereocenters. The van der Waals surface area contributed by atoms with Crippen LogP contribution in [0.2, 0.25) is 0 Å². The van der Waals surface area contributed by atoms with Gasteiger partial charge in [-0.15, -0.1) is 0 Å².